The van der Waals surface area contributed by atoms with Crippen LogP contribution in [0.1, 0.15) is 18.8 Å². The van der Waals surface area contributed by atoms with Crippen molar-refractivity contribution in [2.45, 2.75) is 43.9 Å². The molecule has 0 saturated carbocycles. The summed E-state index contributed by atoms with van der Waals surface area (Å²) in [5.74, 6) is -0.391. The van der Waals surface area contributed by atoms with Crippen LogP contribution in [0.5, 0.6) is 0 Å². The molecule has 1 aromatic rings. The zero-order valence-electron chi connectivity index (χ0n) is 16.2. The predicted octanol–water partition coefficient (Wildman–Crippen LogP) is 0.878. The van der Waals surface area contributed by atoms with E-state index in [1.54, 1.807) is 0 Å². The van der Waals surface area contributed by atoms with Crippen molar-refractivity contribution >= 4 is 16.0 Å². The Morgan fingerprint density at radius 1 is 1.31 bits per heavy atom. The van der Waals surface area contributed by atoms with Crippen LogP contribution in [-0.4, -0.2) is 64.4 Å². The highest BCUT2D eigenvalue weighted by molar-refractivity contribution is 7.86. The molecule has 6 atom stereocenters. The molecule has 0 radical (unpaired) electrons. The van der Waals surface area contributed by atoms with Gasteiger partial charge in [0.15, 0.2) is 12.6 Å². The first-order valence-electron chi connectivity index (χ1n) is 9.14. The van der Waals surface area contributed by atoms with Gasteiger partial charge in [0, 0.05) is 12.5 Å². The number of rotatable bonds is 7. The van der Waals surface area contributed by atoms with Gasteiger partial charge < -0.3 is 24.3 Å². The molecule has 2 saturated heterocycles. The van der Waals surface area contributed by atoms with Gasteiger partial charge in [0.1, 0.15) is 24.4 Å². The van der Waals surface area contributed by atoms with E-state index in [0.717, 1.165) is 11.8 Å². The van der Waals surface area contributed by atoms with E-state index in [0.29, 0.717) is 0 Å². The van der Waals surface area contributed by atoms with Gasteiger partial charge in [-0.2, -0.15) is 8.42 Å². The lowest BCUT2D eigenvalue weighted by molar-refractivity contribution is -0.339. The Morgan fingerprint density at radius 3 is 2.66 bits per heavy atom. The second-order valence-electron chi connectivity index (χ2n) is 6.83. The van der Waals surface area contributed by atoms with E-state index in [2.05, 4.69) is 11.9 Å². The van der Waals surface area contributed by atoms with Crippen molar-refractivity contribution in [1.29, 1.82) is 0 Å². The third-order valence-corrected chi connectivity index (χ3v) is 5.02. The van der Waals surface area contributed by atoms with Crippen LogP contribution >= 0.6 is 0 Å². The highest BCUT2D eigenvalue weighted by Gasteiger charge is 2.52. The lowest BCUT2D eigenvalue weighted by atomic mass is 9.95. The number of carbonyl (C=O) groups is 1. The minimum atomic E-state index is -3.87. The Kier molecular flexibility index (Phi) is 7.04. The molecule has 0 spiro atoms. The molecule has 0 bridgehead atoms. The maximum Gasteiger partial charge on any atom is 0.264 e. The van der Waals surface area contributed by atoms with E-state index < -0.39 is 53.0 Å². The van der Waals surface area contributed by atoms with E-state index in [1.165, 1.54) is 13.0 Å². The van der Waals surface area contributed by atoms with Crippen molar-refractivity contribution in [2.75, 3.05) is 19.5 Å². The molecule has 2 aliphatic rings. The summed E-state index contributed by atoms with van der Waals surface area (Å²) in [4.78, 5) is 11.8. The normalized spacial score (nSPS) is 32.2. The first kappa shape index (κ1) is 21.9. The number of benzene rings is 1. The Balaban J connectivity index is 1.90. The Hall–Kier alpha value is -1.82. The number of ether oxygens (including phenoxy) is 4. The van der Waals surface area contributed by atoms with Gasteiger partial charge in [-0.1, -0.05) is 36.4 Å². The molecule has 2 aliphatic heterocycles. The van der Waals surface area contributed by atoms with E-state index in [9.17, 15) is 13.2 Å². The molecule has 160 valence electrons. The smallest absolute Gasteiger partial charge is 0.264 e. The summed E-state index contributed by atoms with van der Waals surface area (Å²) in [5, 5.41) is 2.67. The number of fused-ring (bicyclic) bond motifs is 1. The van der Waals surface area contributed by atoms with E-state index in [4.69, 9.17) is 23.1 Å². The monoisotopic (exact) mass is 427 g/mol. The van der Waals surface area contributed by atoms with Crippen LogP contribution in [0.2, 0.25) is 0 Å². The number of hydrogen-bond acceptors (Lipinski definition) is 8. The molecule has 2 heterocycles. The SMILES string of the molecule is C=CCO[C@@H]1O[C@@H]2COC(c3ccccc3)O[C@H]2[C@H](OS(C)(=O)=O)[C@H]1NC(C)=O. The zero-order chi connectivity index (χ0) is 21.0. The van der Waals surface area contributed by atoms with Crippen molar-refractivity contribution in [3.05, 3.63) is 48.6 Å². The maximum atomic E-state index is 12.0. The Bertz CT molecular complexity index is 815. The minimum absolute atomic E-state index is 0.134. The van der Waals surface area contributed by atoms with Gasteiger partial charge in [0.2, 0.25) is 5.91 Å². The molecule has 0 aliphatic carbocycles. The van der Waals surface area contributed by atoms with Crippen LogP contribution in [0.3, 0.4) is 0 Å². The van der Waals surface area contributed by atoms with Crippen LogP contribution in [0, 0.1) is 0 Å². The summed E-state index contributed by atoms with van der Waals surface area (Å²) < 4.78 is 52.6. The zero-order valence-corrected chi connectivity index (χ0v) is 17.0. The number of nitrogens with one attached hydrogen (secondary N) is 1. The molecular formula is C19H25NO8S. The van der Waals surface area contributed by atoms with E-state index in [1.807, 2.05) is 30.3 Å². The largest absolute Gasteiger partial charge is 0.346 e. The van der Waals surface area contributed by atoms with Crippen LogP contribution in [-0.2, 0) is 38.0 Å². The average molecular weight is 427 g/mol. The molecule has 29 heavy (non-hydrogen) atoms. The van der Waals surface area contributed by atoms with Gasteiger partial charge in [-0.05, 0) is 0 Å². The van der Waals surface area contributed by atoms with Crippen molar-refractivity contribution in [2.24, 2.45) is 0 Å². The lowest BCUT2D eigenvalue weighted by Crippen LogP contribution is -2.67. The first-order chi connectivity index (χ1) is 13.8. The van der Waals surface area contributed by atoms with Gasteiger partial charge in [-0.25, -0.2) is 0 Å². The third-order valence-electron chi connectivity index (χ3n) is 4.44. The van der Waals surface area contributed by atoms with Gasteiger partial charge >= 0.3 is 0 Å². The van der Waals surface area contributed by atoms with Crippen LogP contribution < -0.4 is 5.32 Å². The minimum Gasteiger partial charge on any atom is -0.346 e. The second kappa shape index (κ2) is 9.33. The second-order valence-corrected chi connectivity index (χ2v) is 8.43. The average Bonchev–Trinajstić information content (AvgIpc) is 2.67. The lowest BCUT2D eigenvalue weighted by Gasteiger charge is -2.48. The fourth-order valence-electron chi connectivity index (χ4n) is 3.36. The predicted molar refractivity (Wildman–Crippen MR) is 102 cm³/mol. The number of carbonyl (C=O) groups excluding carboxylic acids is 1. The summed E-state index contributed by atoms with van der Waals surface area (Å²) in [5.41, 5.74) is 0.769. The molecule has 0 aromatic heterocycles. The first-order valence-corrected chi connectivity index (χ1v) is 11.0. The van der Waals surface area contributed by atoms with Crippen molar-refractivity contribution in [1.82, 2.24) is 5.32 Å². The fourth-order valence-corrected chi connectivity index (χ4v) is 3.99. The van der Waals surface area contributed by atoms with E-state index >= 15 is 0 Å². The maximum absolute atomic E-state index is 12.0. The third kappa shape index (κ3) is 5.62. The molecule has 1 N–H and O–H groups in total. The Labute approximate surface area is 170 Å². The van der Waals surface area contributed by atoms with Crippen molar-refractivity contribution < 1.29 is 36.3 Å². The Morgan fingerprint density at radius 2 is 2.03 bits per heavy atom. The quantitative estimate of drug-likeness (QED) is 0.505. The molecule has 1 amide bonds. The highest BCUT2D eigenvalue weighted by Crippen LogP contribution is 2.36. The molecule has 9 nitrogen and oxygen atoms in total. The van der Waals surface area contributed by atoms with E-state index in [-0.39, 0.29) is 13.2 Å². The molecular weight excluding hydrogens is 402 g/mol. The summed E-state index contributed by atoms with van der Waals surface area (Å²) >= 11 is 0. The highest BCUT2D eigenvalue weighted by atomic mass is 32.2. The van der Waals surface area contributed by atoms with Crippen LogP contribution in [0.15, 0.2) is 43.0 Å². The van der Waals surface area contributed by atoms with Crippen molar-refractivity contribution in [3.63, 3.8) is 0 Å². The fraction of sp³-hybridized carbons (Fsp3) is 0.526. The summed E-state index contributed by atoms with van der Waals surface area (Å²) in [6, 6.07) is 8.30. The van der Waals surface area contributed by atoms with Gasteiger partial charge in [0.25, 0.3) is 10.1 Å². The summed E-state index contributed by atoms with van der Waals surface area (Å²) in [6.45, 7) is 5.17. The number of hydrogen-bond donors (Lipinski definition) is 1. The summed E-state index contributed by atoms with van der Waals surface area (Å²) in [7, 11) is -3.87. The molecule has 3 rings (SSSR count). The molecule has 10 heteroatoms. The van der Waals surface area contributed by atoms with Crippen molar-refractivity contribution in [3.8, 4) is 0 Å². The van der Waals surface area contributed by atoms with Gasteiger partial charge in [-0.3, -0.25) is 8.98 Å². The van der Waals surface area contributed by atoms with Crippen LogP contribution in [0.25, 0.3) is 0 Å². The van der Waals surface area contributed by atoms with Gasteiger partial charge in [-0.15, -0.1) is 6.58 Å². The standard InChI is InChI=1S/C19H25NO8S/c1-4-10-24-19-15(20-12(2)21)17(28-29(3,22)23)16-14(26-19)11-25-18(27-16)13-8-6-5-7-9-13/h4-9,14-19H,1,10-11H2,2-3H3,(H,20,21)/t14-,15-,16-,17-,18?,19-/m1/s1. The molecule has 1 unspecified atom stereocenters. The van der Waals surface area contributed by atoms with Crippen LogP contribution in [0.4, 0.5) is 0 Å². The molecule has 2 fully saturated rings. The number of amides is 1. The topological polar surface area (TPSA) is 109 Å². The molecule has 1 aromatic carbocycles. The van der Waals surface area contributed by atoms with Gasteiger partial charge in [0.05, 0.1) is 19.5 Å². The summed E-state index contributed by atoms with van der Waals surface area (Å²) in [6.07, 6.45) is -1.77.